The maximum atomic E-state index is 13.6. The van der Waals surface area contributed by atoms with E-state index in [4.69, 9.17) is 11.6 Å². The van der Waals surface area contributed by atoms with E-state index in [1.54, 1.807) is 19.1 Å². The number of halogens is 3. The van der Waals surface area contributed by atoms with Gasteiger partial charge in [-0.2, -0.15) is 0 Å². The molecule has 2 aromatic rings. The molecule has 2 rings (SSSR count). The summed E-state index contributed by atoms with van der Waals surface area (Å²) < 4.78 is 53.1. The summed E-state index contributed by atoms with van der Waals surface area (Å²) in [5.41, 5.74) is 0.114. The van der Waals surface area contributed by atoms with E-state index < -0.39 is 27.3 Å². The van der Waals surface area contributed by atoms with Gasteiger partial charge in [0.05, 0.1) is 4.90 Å². The van der Waals surface area contributed by atoms with Crippen LogP contribution in [0, 0.1) is 18.6 Å². The zero-order valence-corrected chi connectivity index (χ0v) is 11.9. The normalized spacial score (nSPS) is 11.4. The molecule has 0 amide bonds. The molecule has 0 bridgehead atoms. The summed E-state index contributed by atoms with van der Waals surface area (Å²) in [4.78, 5) is -0.0862. The molecule has 0 unspecified atom stereocenters. The molecule has 2 aromatic carbocycles. The molecule has 3 nitrogen and oxygen atoms in total. The highest BCUT2D eigenvalue weighted by Gasteiger charge is 2.19. The van der Waals surface area contributed by atoms with Crippen LogP contribution in [0.2, 0.25) is 5.02 Å². The number of benzene rings is 2. The first-order valence-electron chi connectivity index (χ1n) is 5.53. The first kappa shape index (κ1) is 14.7. The monoisotopic (exact) mass is 317 g/mol. The van der Waals surface area contributed by atoms with E-state index in [0.29, 0.717) is 0 Å². The van der Waals surface area contributed by atoms with Gasteiger partial charge in [-0.05, 0) is 31.2 Å². The predicted octanol–water partition coefficient (Wildman–Crippen LogP) is 3.73. The molecule has 0 radical (unpaired) electrons. The predicted molar refractivity (Wildman–Crippen MR) is 73.4 cm³/mol. The van der Waals surface area contributed by atoms with Crippen LogP contribution in [0.5, 0.6) is 0 Å². The minimum atomic E-state index is -4.06. The fourth-order valence-corrected chi connectivity index (χ4v) is 2.82. The van der Waals surface area contributed by atoms with E-state index >= 15 is 0 Å². The Morgan fingerprint density at radius 2 is 1.55 bits per heavy atom. The summed E-state index contributed by atoms with van der Waals surface area (Å²) in [6.45, 7) is 1.79. The first-order chi connectivity index (χ1) is 9.29. The van der Waals surface area contributed by atoms with E-state index in [-0.39, 0.29) is 9.92 Å². The van der Waals surface area contributed by atoms with Crippen molar-refractivity contribution >= 4 is 27.3 Å². The summed E-state index contributed by atoms with van der Waals surface area (Å²) in [7, 11) is -4.06. The Hall–Kier alpha value is -1.66. The molecule has 0 saturated heterocycles. The number of sulfonamides is 1. The van der Waals surface area contributed by atoms with E-state index in [2.05, 4.69) is 0 Å². The van der Waals surface area contributed by atoms with Crippen LogP contribution in [0.3, 0.4) is 0 Å². The number of rotatable bonds is 3. The lowest BCUT2D eigenvalue weighted by atomic mass is 10.2. The Morgan fingerprint density at radius 1 is 1.05 bits per heavy atom. The molecule has 0 saturated carbocycles. The van der Waals surface area contributed by atoms with Crippen LogP contribution in [-0.4, -0.2) is 8.42 Å². The summed E-state index contributed by atoms with van der Waals surface area (Å²) in [6.07, 6.45) is 0. The Morgan fingerprint density at radius 3 is 2.05 bits per heavy atom. The van der Waals surface area contributed by atoms with Crippen molar-refractivity contribution in [2.75, 3.05) is 4.72 Å². The molecule has 20 heavy (non-hydrogen) atoms. The molecule has 0 atom stereocenters. The molecule has 0 aliphatic carbocycles. The van der Waals surface area contributed by atoms with Gasteiger partial charge in [0, 0.05) is 5.02 Å². The second-order valence-electron chi connectivity index (χ2n) is 4.16. The number of hydrogen-bond donors (Lipinski definition) is 1. The van der Waals surface area contributed by atoms with Crippen LogP contribution in [0.1, 0.15) is 5.56 Å². The Kier molecular flexibility index (Phi) is 3.96. The largest absolute Gasteiger partial charge is 0.274 e. The lowest BCUT2D eigenvalue weighted by Crippen LogP contribution is -2.15. The smallest absolute Gasteiger partial charge is 0.262 e. The van der Waals surface area contributed by atoms with Gasteiger partial charge < -0.3 is 0 Å². The van der Waals surface area contributed by atoms with Crippen molar-refractivity contribution in [3.05, 3.63) is 58.6 Å². The topological polar surface area (TPSA) is 46.2 Å². The number of anilines is 1. The third-order valence-corrected chi connectivity index (χ3v) is 4.16. The highest BCUT2D eigenvalue weighted by molar-refractivity contribution is 7.92. The number of hydrogen-bond acceptors (Lipinski definition) is 2. The van der Waals surface area contributed by atoms with E-state index in [1.807, 2.05) is 4.72 Å². The van der Waals surface area contributed by atoms with Crippen LogP contribution in [0.4, 0.5) is 14.5 Å². The lowest BCUT2D eigenvalue weighted by molar-refractivity contribution is 0.583. The highest BCUT2D eigenvalue weighted by Crippen LogP contribution is 2.26. The molecule has 0 spiro atoms. The molecule has 0 aliphatic rings. The Bertz CT molecular complexity index is 722. The van der Waals surface area contributed by atoms with Crippen molar-refractivity contribution in [2.45, 2.75) is 11.8 Å². The zero-order chi connectivity index (χ0) is 14.9. The van der Waals surface area contributed by atoms with Gasteiger partial charge in [-0.15, -0.1) is 0 Å². The SMILES string of the molecule is Cc1ccc(S(=O)(=O)Nc2c(F)cc(Cl)cc2F)cc1. The van der Waals surface area contributed by atoms with Gasteiger partial charge in [0.25, 0.3) is 10.0 Å². The minimum Gasteiger partial charge on any atom is -0.274 e. The number of aryl methyl sites for hydroxylation is 1. The van der Waals surface area contributed by atoms with Crippen molar-refractivity contribution in [1.29, 1.82) is 0 Å². The van der Waals surface area contributed by atoms with Crippen molar-refractivity contribution in [2.24, 2.45) is 0 Å². The van der Waals surface area contributed by atoms with E-state index in [1.165, 1.54) is 12.1 Å². The third-order valence-electron chi connectivity index (χ3n) is 2.57. The summed E-state index contributed by atoms with van der Waals surface area (Å²) in [6, 6.07) is 7.54. The van der Waals surface area contributed by atoms with Gasteiger partial charge in [0.15, 0.2) is 11.6 Å². The van der Waals surface area contributed by atoms with Gasteiger partial charge in [-0.1, -0.05) is 29.3 Å². The standard InChI is InChI=1S/C13H10ClF2NO2S/c1-8-2-4-10(5-3-8)20(18,19)17-13-11(15)6-9(14)7-12(13)16/h2-7,17H,1H3. The quantitative estimate of drug-likeness (QED) is 0.937. The maximum absolute atomic E-state index is 13.6. The van der Waals surface area contributed by atoms with Gasteiger partial charge >= 0.3 is 0 Å². The van der Waals surface area contributed by atoms with Crippen LogP contribution in [-0.2, 0) is 10.0 Å². The fourth-order valence-electron chi connectivity index (χ4n) is 1.55. The highest BCUT2D eigenvalue weighted by atomic mass is 35.5. The third kappa shape index (κ3) is 3.08. The van der Waals surface area contributed by atoms with Crippen LogP contribution < -0.4 is 4.72 Å². The van der Waals surface area contributed by atoms with Crippen LogP contribution >= 0.6 is 11.6 Å². The molecule has 0 aromatic heterocycles. The van der Waals surface area contributed by atoms with Crippen molar-refractivity contribution in [1.82, 2.24) is 0 Å². The summed E-state index contributed by atoms with van der Waals surface area (Å²) in [5.74, 6) is -2.16. The first-order valence-corrected chi connectivity index (χ1v) is 7.40. The van der Waals surface area contributed by atoms with Gasteiger partial charge in [0.1, 0.15) is 5.69 Å². The fraction of sp³-hybridized carbons (Fsp3) is 0.0769. The Balaban J connectivity index is 2.41. The van der Waals surface area contributed by atoms with Crippen LogP contribution in [0.25, 0.3) is 0 Å². The average Bonchev–Trinajstić information content (AvgIpc) is 2.34. The lowest BCUT2D eigenvalue weighted by Gasteiger charge is -2.10. The van der Waals surface area contributed by atoms with Gasteiger partial charge in [-0.3, -0.25) is 4.72 Å². The number of nitrogens with one attached hydrogen (secondary N) is 1. The van der Waals surface area contributed by atoms with Gasteiger partial charge in [-0.25, -0.2) is 17.2 Å². The molecule has 7 heteroatoms. The van der Waals surface area contributed by atoms with Crippen molar-refractivity contribution < 1.29 is 17.2 Å². The molecular formula is C13H10ClF2NO2S. The zero-order valence-electron chi connectivity index (χ0n) is 10.3. The van der Waals surface area contributed by atoms with E-state index in [9.17, 15) is 17.2 Å². The van der Waals surface area contributed by atoms with Crippen molar-refractivity contribution in [3.63, 3.8) is 0 Å². The second kappa shape index (κ2) is 5.38. The summed E-state index contributed by atoms with van der Waals surface area (Å²) in [5, 5.41) is -0.154. The van der Waals surface area contributed by atoms with Gasteiger partial charge in [0.2, 0.25) is 0 Å². The molecular weight excluding hydrogens is 308 g/mol. The molecule has 0 aliphatic heterocycles. The minimum absolute atomic E-state index is 0.0862. The second-order valence-corrected chi connectivity index (χ2v) is 6.28. The summed E-state index contributed by atoms with van der Waals surface area (Å²) >= 11 is 5.47. The van der Waals surface area contributed by atoms with Crippen molar-refractivity contribution in [3.8, 4) is 0 Å². The maximum Gasteiger partial charge on any atom is 0.262 e. The average molecular weight is 318 g/mol. The van der Waals surface area contributed by atoms with Crippen LogP contribution in [0.15, 0.2) is 41.3 Å². The molecule has 1 N–H and O–H groups in total. The molecule has 0 heterocycles. The van der Waals surface area contributed by atoms with E-state index in [0.717, 1.165) is 17.7 Å². The Labute approximate surface area is 120 Å². The molecule has 106 valence electrons. The molecule has 0 fully saturated rings.